The Morgan fingerprint density at radius 1 is 0.444 bits per heavy atom. The fourth-order valence-electron chi connectivity index (χ4n) is 3.28. The molecule has 0 N–H and O–H groups in total. The van der Waals surface area contributed by atoms with Crippen molar-refractivity contribution in [2.24, 2.45) is 13.5 Å². The molecule has 0 unspecified atom stereocenters. The molecule has 1 aliphatic heterocycles. The monoisotopic (exact) mass is 549 g/mol. The van der Waals surface area contributed by atoms with Gasteiger partial charge in [-0.3, -0.25) is 0 Å². The molecule has 0 radical (unpaired) electrons. The predicted molar refractivity (Wildman–Crippen MR) is 144 cm³/mol. The van der Waals surface area contributed by atoms with E-state index in [1.807, 2.05) is 93.6 Å². The third-order valence-corrected chi connectivity index (χ3v) is 13.5. The second kappa shape index (κ2) is 10.9. The molecule has 12 heteroatoms. The number of hydrogen-bond donors (Lipinski definition) is 0. The van der Waals surface area contributed by atoms with Gasteiger partial charge in [0.1, 0.15) is 17.2 Å². The number of aryl methyl sites for hydroxylation is 3. The van der Waals surface area contributed by atoms with Crippen LogP contribution in [0.25, 0.3) is 0 Å². The van der Waals surface area contributed by atoms with Gasteiger partial charge >= 0.3 is 23.0 Å². The average Bonchev–Trinajstić information content (AvgIpc) is 2.88. The Bertz CT molecular complexity index is 1240. The largest absolute Gasteiger partial charge is 0.422 e. The molecule has 0 aliphatic carbocycles. The van der Waals surface area contributed by atoms with Crippen LogP contribution in [0.2, 0.25) is 0 Å². The van der Waals surface area contributed by atoms with Gasteiger partial charge in [-0.05, 0) is 55.7 Å². The van der Waals surface area contributed by atoms with Gasteiger partial charge < -0.3 is 27.1 Å². The lowest BCUT2D eigenvalue weighted by Crippen LogP contribution is -2.06. The van der Waals surface area contributed by atoms with Gasteiger partial charge in [0.15, 0.2) is 0 Å². The van der Waals surface area contributed by atoms with Crippen molar-refractivity contribution in [3.63, 3.8) is 0 Å². The molecule has 0 bridgehead atoms. The topological polar surface area (TPSA) is 92.5 Å². The summed E-state index contributed by atoms with van der Waals surface area (Å²) in [5.41, 5.74) is 2.68. The molecule has 3 aromatic carbocycles. The van der Waals surface area contributed by atoms with Crippen LogP contribution < -0.4 is 13.6 Å². The first-order chi connectivity index (χ1) is 17.3. The molecule has 3 aromatic rings. The fourth-order valence-corrected chi connectivity index (χ4v) is 12.3. The summed E-state index contributed by atoms with van der Waals surface area (Å²) in [5, 5.41) is 0. The zero-order valence-corrected chi connectivity index (χ0v) is 23.7. The Hall–Kier alpha value is -2.37. The highest BCUT2D eigenvalue weighted by Gasteiger charge is 2.44. The van der Waals surface area contributed by atoms with Gasteiger partial charge in [-0.15, -0.1) is 13.5 Å². The van der Waals surface area contributed by atoms with Gasteiger partial charge in [-0.25, -0.2) is 0 Å². The van der Waals surface area contributed by atoms with Crippen LogP contribution in [-0.2, 0) is 13.6 Å². The third-order valence-electron chi connectivity index (χ3n) is 5.32. The van der Waals surface area contributed by atoms with Crippen LogP contribution in [0.1, 0.15) is 16.7 Å². The zero-order chi connectivity index (χ0) is 25.8. The van der Waals surface area contributed by atoms with Crippen molar-refractivity contribution < 1.29 is 27.1 Å². The molecule has 1 aliphatic rings. The molecule has 1 heterocycles. The summed E-state index contributed by atoms with van der Waals surface area (Å²) in [4.78, 5) is 0. The van der Waals surface area contributed by atoms with Gasteiger partial charge in [-0.1, -0.05) is 54.6 Å². The van der Waals surface area contributed by atoms with E-state index in [4.69, 9.17) is 40.7 Å². The molecule has 192 valence electrons. The zero-order valence-electron chi connectivity index (χ0n) is 21.1. The van der Waals surface area contributed by atoms with Gasteiger partial charge in [0.2, 0.25) is 0 Å². The minimum Gasteiger partial charge on any atom is -0.422 e. The predicted octanol–water partition coefficient (Wildman–Crippen LogP) is 8.94. The van der Waals surface area contributed by atoms with Crippen LogP contribution in [0.3, 0.4) is 0 Å². The highest BCUT2D eigenvalue weighted by molar-refractivity contribution is 7.78. The molecule has 0 atom stereocenters. The molecule has 0 spiro atoms. The molecule has 9 nitrogen and oxygen atoms in total. The molecule has 0 fully saturated rings. The van der Waals surface area contributed by atoms with Crippen molar-refractivity contribution in [3.8, 4) is 17.2 Å². The normalized spacial score (nSPS) is 25.2. The van der Waals surface area contributed by atoms with Crippen molar-refractivity contribution in [2.45, 2.75) is 20.8 Å². The number of para-hydroxylation sites is 3. The molecular weight excluding hydrogens is 519 g/mol. The molecule has 0 aromatic heterocycles. The van der Waals surface area contributed by atoms with E-state index in [-0.39, 0.29) is 0 Å². The first kappa shape index (κ1) is 26.7. The summed E-state index contributed by atoms with van der Waals surface area (Å²) in [5.74, 6) is 1.70. The van der Waals surface area contributed by atoms with E-state index in [1.165, 1.54) is 21.3 Å². The molecular formula is C24H30N3O6P3. The highest BCUT2D eigenvalue weighted by Crippen LogP contribution is 2.79. The van der Waals surface area contributed by atoms with Crippen LogP contribution in [-0.4, -0.2) is 21.3 Å². The highest BCUT2D eigenvalue weighted by atomic mass is 31.3. The van der Waals surface area contributed by atoms with Crippen molar-refractivity contribution in [2.75, 3.05) is 21.3 Å². The van der Waals surface area contributed by atoms with Gasteiger partial charge in [0.05, 0.1) is 0 Å². The molecule has 0 saturated carbocycles. The van der Waals surface area contributed by atoms with Crippen molar-refractivity contribution in [3.05, 3.63) is 89.5 Å². The quantitative estimate of drug-likeness (QED) is 0.248. The van der Waals surface area contributed by atoms with Crippen LogP contribution in [0.15, 0.2) is 86.3 Å². The van der Waals surface area contributed by atoms with E-state index in [0.29, 0.717) is 17.2 Å². The van der Waals surface area contributed by atoms with E-state index in [1.54, 1.807) is 0 Å². The van der Waals surface area contributed by atoms with Crippen molar-refractivity contribution in [1.29, 1.82) is 0 Å². The van der Waals surface area contributed by atoms with E-state index in [9.17, 15) is 0 Å². The van der Waals surface area contributed by atoms with Gasteiger partial charge in [0, 0.05) is 21.3 Å². The Morgan fingerprint density at radius 2 is 0.694 bits per heavy atom. The molecule has 36 heavy (non-hydrogen) atoms. The van der Waals surface area contributed by atoms with E-state index in [2.05, 4.69) is 0 Å². The van der Waals surface area contributed by atoms with Crippen LogP contribution in [0.5, 0.6) is 17.2 Å². The second-order valence-electron chi connectivity index (χ2n) is 7.86. The first-order valence-corrected chi connectivity index (χ1v) is 15.7. The number of rotatable bonds is 9. The summed E-state index contributed by atoms with van der Waals surface area (Å²) >= 11 is 0. The standard InChI is InChI=1S/C24H30N3O6P3/c1-19-13-7-10-16-22(19)31-34(28-4)25-35(29-5,32-23-17-11-8-14-20(23)2)27-36(26-34,30-6)33-24-18-12-9-15-21(24)3/h7-18H,1-6H3. The maximum Gasteiger partial charge on any atom is 0.404 e. The maximum absolute atomic E-state index is 6.40. The average molecular weight is 549 g/mol. The number of nitrogens with zero attached hydrogens (tertiary/aromatic N) is 3. The van der Waals surface area contributed by atoms with E-state index >= 15 is 0 Å². The summed E-state index contributed by atoms with van der Waals surface area (Å²) in [6, 6.07) is 22.7. The second-order valence-corrected chi connectivity index (χ2v) is 14.6. The Labute approximate surface area is 212 Å². The Morgan fingerprint density at radius 3 is 0.917 bits per heavy atom. The van der Waals surface area contributed by atoms with E-state index in [0.717, 1.165) is 16.7 Å². The van der Waals surface area contributed by atoms with Crippen LogP contribution in [0, 0.1) is 20.8 Å². The van der Waals surface area contributed by atoms with Crippen molar-refractivity contribution >= 4 is 23.0 Å². The van der Waals surface area contributed by atoms with Gasteiger partial charge in [0.25, 0.3) is 0 Å². The van der Waals surface area contributed by atoms with Gasteiger partial charge in [-0.2, -0.15) is 0 Å². The summed E-state index contributed by atoms with van der Waals surface area (Å²) < 4.78 is 51.5. The summed E-state index contributed by atoms with van der Waals surface area (Å²) in [7, 11) is -5.88. The molecule has 0 amide bonds. The summed E-state index contributed by atoms with van der Waals surface area (Å²) in [6.45, 7) is 5.79. The smallest absolute Gasteiger partial charge is 0.404 e. The van der Waals surface area contributed by atoms with Crippen LogP contribution >= 0.6 is 23.0 Å². The van der Waals surface area contributed by atoms with Crippen molar-refractivity contribution in [1.82, 2.24) is 0 Å². The molecule has 4 rings (SSSR count). The van der Waals surface area contributed by atoms with Crippen LogP contribution in [0.4, 0.5) is 0 Å². The Balaban J connectivity index is 1.97. The third kappa shape index (κ3) is 5.63. The molecule has 0 saturated heterocycles. The minimum absolute atomic E-state index is 0.567. The lowest BCUT2D eigenvalue weighted by atomic mass is 10.2. The van der Waals surface area contributed by atoms with E-state index < -0.39 is 23.0 Å². The lowest BCUT2D eigenvalue weighted by Gasteiger charge is -2.32. The Kier molecular flexibility index (Phi) is 8.11. The number of benzene rings is 3. The fraction of sp³-hybridized carbons (Fsp3) is 0.250. The first-order valence-electron chi connectivity index (χ1n) is 11.1. The lowest BCUT2D eigenvalue weighted by molar-refractivity contribution is 0.353. The summed E-state index contributed by atoms with van der Waals surface area (Å²) in [6.07, 6.45) is 0. The number of hydrogen-bond acceptors (Lipinski definition) is 9. The minimum atomic E-state index is -3.45. The SMILES string of the molecule is COP1(Oc2ccccc2C)=NP(OC)(Oc2ccccc2C)=NP(OC)(Oc2ccccc2C)=N1. The maximum atomic E-state index is 6.40.